The lowest BCUT2D eigenvalue weighted by Crippen LogP contribution is -2.40. The summed E-state index contributed by atoms with van der Waals surface area (Å²) in [7, 11) is 0. The van der Waals surface area contributed by atoms with Crippen LogP contribution in [0.1, 0.15) is 26.7 Å². The second kappa shape index (κ2) is 12.3. The molecule has 0 saturated carbocycles. The summed E-state index contributed by atoms with van der Waals surface area (Å²) in [6, 6.07) is 6.74. The van der Waals surface area contributed by atoms with Crippen LogP contribution in [0, 0.1) is 5.82 Å². The number of hydrogen-bond donors (Lipinski definition) is 2. The number of nitrogens with zero attached hydrogens (tertiary/aromatic N) is 2. The van der Waals surface area contributed by atoms with Crippen molar-refractivity contribution in [2.45, 2.75) is 32.7 Å². The zero-order valence-electron chi connectivity index (χ0n) is 15.1. The maximum absolute atomic E-state index is 13.1. The lowest BCUT2D eigenvalue weighted by molar-refractivity contribution is 0.273. The van der Waals surface area contributed by atoms with Crippen molar-refractivity contribution in [2.75, 3.05) is 39.3 Å². The third-order valence-corrected chi connectivity index (χ3v) is 4.17. The molecule has 1 atom stereocenters. The van der Waals surface area contributed by atoms with Crippen LogP contribution in [0.4, 0.5) is 4.39 Å². The number of hydrogen-bond acceptors (Lipinski definition) is 3. The van der Waals surface area contributed by atoms with Crippen LogP contribution in [0.5, 0.6) is 5.75 Å². The summed E-state index contributed by atoms with van der Waals surface area (Å²) in [6.07, 6.45) is 2.49. The molecule has 1 aromatic carbocycles. The number of nitrogens with one attached hydrogen (secondary N) is 2. The van der Waals surface area contributed by atoms with Gasteiger partial charge in [-0.2, -0.15) is 0 Å². The molecule has 0 bridgehead atoms. The van der Waals surface area contributed by atoms with Gasteiger partial charge in [-0.05, 0) is 45.0 Å². The van der Waals surface area contributed by atoms with Gasteiger partial charge in [0.05, 0.1) is 13.1 Å². The Morgan fingerprint density at radius 3 is 2.92 bits per heavy atom. The molecule has 1 aliphatic rings. The third-order valence-electron chi connectivity index (χ3n) is 4.17. The molecular formula is C18H30FIN4O. The molecule has 1 heterocycles. The van der Waals surface area contributed by atoms with E-state index in [4.69, 9.17) is 4.74 Å². The normalized spacial score (nSPS) is 17.9. The van der Waals surface area contributed by atoms with Crippen molar-refractivity contribution in [2.24, 2.45) is 4.99 Å². The highest BCUT2D eigenvalue weighted by molar-refractivity contribution is 14.0. The predicted octanol–water partition coefficient (Wildman–Crippen LogP) is 2.86. The highest BCUT2D eigenvalue weighted by Gasteiger charge is 2.22. The van der Waals surface area contributed by atoms with Gasteiger partial charge in [-0.3, -0.25) is 9.89 Å². The van der Waals surface area contributed by atoms with Crippen molar-refractivity contribution in [3.05, 3.63) is 30.1 Å². The second-order valence-electron chi connectivity index (χ2n) is 5.88. The van der Waals surface area contributed by atoms with Crippen molar-refractivity contribution in [3.63, 3.8) is 0 Å². The van der Waals surface area contributed by atoms with Crippen LogP contribution >= 0.6 is 24.0 Å². The Morgan fingerprint density at radius 1 is 1.36 bits per heavy atom. The van der Waals surface area contributed by atoms with E-state index in [9.17, 15) is 4.39 Å². The number of halogens is 2. The summed E-state index contributed by atoms with van der Waals surface area (Å²) in [5.41, 5.74) is 0. The lowest BCUT2D eigenvalue weighted by Gasteiger charge is -2.21. The van der Waals surface area contributed by atoms with Gasteiger partial charge in [0, 0.05) is 18.7 Å². The van der Waals surface area contributed by atoms with Crippen molar-refractivity contribution in [1.29, 1.82) is 0 Å². The molecule has 7 heteroatoms. The number of likely N-dealkylation sites (tertiary alicyclic amines) is 1. The first-order valence-electron chi connectivity index (χ1n) is 8.87. The van der Waals surface area contributed by atoms with Gasteiger partial charge in [0.15, 0.2) is 5.96 Å². The number of ether oxygens (including phenoxy) is 1. The van der Waals surface area contributed by atoms with Crippen molar-refractivity contribution in [3.8, 4) is 5.75 Å². The molecule has 1 aromatic rings. The van der Waals surface area contributed by atoms with E-state index in [2.05, 4.69) is 27.4 Å². The molecule has 25 heavy (non-hydrogen) atoms. The fraction of sp³-hybridized carbons (Fsp3) is 0.611. The maximum Gasteiger partial charge on any atom is 0.191 e. The number of guanidine groups is 1. The smallest absolute Gasteiger partial charge is 0.191 e. The lowest BCUT2D eigenvalue weighted by atomic mass is 10.2. The number of benzene rings is 1. The van der Waals surface area contributed by atoms with Crippen molar-refractivity contribution in [1.82, 2.24) is 15.5 Å². The average Bonchev–Trinajstić information content (AvgIpc) is 3.04. The highest BCUT2D eigenvalue weighted by Crippen LogP contribution is 2.16. The van der Waals surface area contributed by atoms with E-state index in [1.165, 1.54) is 31.5 Å². The Morgan fingerprint density at radius 2 is 2.20 bits per heavy atom. The molecule has 142 valence electrons. The molecular weight excluding hydrogens is 434 g/mol. The topological polar surface area (TPSA) is 48.9 Å². The monoisotopic (exact) mass is 464 g/mol. The van der Waals surface area contributed by atoms with Crippen LogP contribution in [0.3, 0.4) is 0 Å². The largest absolute Gasteiger partial charge is 0.492 e. The summed E-state index contributed by atoms with van der Waals surface area (Å²) in [5, 5.41) is 6.52. The second-order valence-corrected chi connectivity index (χ2v) is 5.88. The molecule has 0 aromatic heterocycles. The molecule has 0 aliphatic carbocycles. The first-order valence-corrected chi connectivity index (χ1v) is 8.87. The Balaban J connectivity index is 0.00000312. The Kier molecular flexibility index (Phi) is 10.8. The van der Waals surface area contributed by atoms with Crippen LogP contribution in [-0.2, 0) is 0 Å². The van der Waals surface area contributed by atoms with Crippen molar-refractivity contribution < 1.29 is 9.13 Å². The SMILES string of the molecule is CCNC(=NCC1CCCN1CC)NCCOc1cccc(F)c1.I. The van der Waals surface area contributed by atoms with Crippen LogP contribution in [0.2, 0.25) is 0 Å². The maximum atomic E-state index is 13.1. The van der Waals surface area contributed by atoms with Gasteiger partial charge >= 0.3 is 0 Å². The van der Waals surface area contributed by atoms with Crippen LogP contribution in [-0.4, -0.2) is 56.2 Å². The summed E-state index contributed by atoms with van der Waals surface area (Å²) in [4.78, 5) is 7.18. The van der Waals surface area contributed by atoms with Gasteiger partial charge in [0.1, 0.15) is 18.2 Å². The zero-order valence-corrected chi connectivity index (χ0v) is 17.5. The number of likely N-dealkylation sites (N-methyl/N-ethyl adjacent to an activating group) is 1. The van der Waals surface area contributed by atoms with Crippen LogP contribution in [0.15, 0.2) is 29.3 Å². The first kappa shape index (κ1) is 22.0. The summed E-state index contributed by atoms with van der Waals surface area (Å²) < 4.78 is 18.6. The number of aliphatic imine (C=N–C) groups is 1. The fourth-order valence-electron chi connectivity index (χ4n) is 2.95. The van der Waals surface area contributed by atoms with E-state index in [-0.39, 0.29) is 29.8 Å². The Labute approximate surface area is 167 Å². The Hall–Kier alpha value is -1.09. The third kappa shape index (κ3) is 7.77. The minimum absolute atomic E-state index is 0. The number of rotatable bonds is 8. The highest BCUT2D eigenvalue weighted by atomic mass is 127. The molecule has 1 aliphatic heterocycles. The zero-order chi connectivity index (χ0) is 17.2. The molecule has 2 rings (SSSR count). The van der Waals surface area contributed by atoms with Crippen LogP contribution < -0.4 is 15.4 Å². The molecule has 0 amide bonds. The van der Waals surface area contributed by atoms with Gasteiger partial charge in [-0.25, -0.2) is 4.39 Å². The van der Waals surface area contributed by atoms with Crippen molar-refractivity contribution >= 4 is 29.9 Å². The van der Waals surface area contributed by atoms with Gasteiger partial charge in [-0.1, -0.05) is 13.0 Å². The van der Waals surface area contributed by atoms with Gasteiger partial charge in [0.25, 0.3) is 0 Å². The minimum Gasteiger partial charge on any atom is -0.492 e. The van der Waals surface area contributed by atoms with Gasteiger partial charge in [-0.15, -0.1) is 24.0 Å². The van der Waals surface area contributed by atoms with E-state index < -0.39 is 0 Å². The van der Waals surface area contributed by atoms with Gasteiger partial charge < -0.3 is 15.4 Å². The molecule has 2 N–H and O–H groups in total. The molecule has 5 nitrogen and oxygen atoms in total. The van der Waals surface area contributed by atoms with Gasteiger partial charge in [0.2, 0.25) is 0 Å². The molecule has 1 saturated heterocycles. The van der Waals surface area contributed by atoms with E-state index in [1.54, 1.807) is 12.1 Å². The first-order chi connectivity index (χ1) is 11.7. The minimum atomic E-state index is -0.285. The summed E-state index contributed by atoms with van der Waals surface area (Å²) >= 11 is 0. The average molecular weight is 464 g/mol. The fourth-order valence-corrected chi connectivity index (χ4v) is 2.95. The summed E-state index contributed by atoms with van der Waals surface area (Å²) in [5.74, 6) is 1.07. The van der Waals surface area contributed by atoms with E-state index in [1.807, 2.05) is 6.92 Å². The quantitative estimate of drug-likeness (QED) is 0.269. The summed E-state index contributed by atoms with van der Waals surface area (Å²) in [6.45, 7) is 9.23. The molecule has 1 unspecified atom stereocenters. The predicted molar refractivity (Wildman–Crippen MR) is 112 cm³/mol. The molecule has 0 radical (unpaired) electrons. The molecule has 1 fully saturated rings. The standard InChI is InChI=1S/C18H29FN4O.HI/c1-3-20-18(22-14-16-8-6-11-23(16)4-2)21-10-12-24-17-9-5-7-15(19)13-17;/h5,7,9,13,16H,3-4,6,8,10-12,14H2,1-2H3,(H2,20,21,22);1H. The van der Waals surface area contributed by atoms with E-state index in [0.29, 0.717) is 24.9 Å². The molecule has 0 spiro atoms. The van der Waals surface area contributed by atoms with E-state index in [0.717, 1.165) is 25.6 Å². The van der Waals surface area contributed by atoms with E-state index >= 15 is 0 Å². The Bertz CT molecular complexity index is 530. The van der Waals surface area contributed by atoms with Crippen LogP contribution in [0.25, 0.3) is 0 Å².